The van der Waals surface area contributed by atoms with Crippen molar-refractivity contribution in [2.75, 3.05) is 11.9 Å². The first-order valence-electron chi connectivity index (χ1n) is 10.0. The largest absolute Gasteiger partial charge is 0.493 e. The monoisotopic (exact) mass is 416 g/mol. The van der Waals surface area contributed by atoms with Crippen molar-refractivity contribution in [3.05, 3.63) is 77.9 Å². The van der Waals surface area contributed by atoms with Gasteiger partial charge in [0.25, 0.3) is 5.91 Å². The van der Waals surface area contributed by atoms with Crippen LogP contribution in [0, 0.1) is 12.8 Å². The Labute approximate surface area is 180 Å². The lowest BCUT2D eigenvalue weighted by Crippen LogP contribution is -2.13. The van der Waals surface area contributed by atoms with Gasteiger partial charge in [-0.3, -0.25) is 4.79 Å². The molecule has 0 bridgehead atoms. The van der Waals surface area contributed by atoms with E-state index >= 15 is 0 Å². The molecule has 0 radical (unpaired) electrons. The Balaban J connectivity index is 1.53. The minimum atomic E-state index is -0.144. The molecule has 5 heteroatoms. The van der Waals surface area contributed by atoms with Gasteiger partial charge in [-0.25, -0.2) is 4.98 Å². The van der Waals surface area contributed by atoms with Crippen LogP contribution in [0.4, 0.5) is 5.69 Å². The fourth-order valence-corrected chi connectivity index (χ4v) is 4.20. The van der Waals surface area contributed by atoms with Crippen molar-refractivity contribution in [3.63, 3.8) is 0 Å². The maximum Gasteiger partial charge on any atom is 0.255 e. The normalized spacial score (nSPS) is 11.1. The van der Waals surface area contributed by atoms with Gasteiger partial charge in [0.1, 0.15) is 10.8 Å². The second-order valence-electron chi connectivity index (χ2n) is 7.65. The van der Waals surface area contributed by atoms with Gasteiger partial charge < -0.3 is 10.1 Å². The van der Waals surface area contributed by atoms with Gasteiger partial charge in [0, 0.05) is 16.8 Å². The zero-order valence-corrected chi connectivity index (χ0v) is 18.1. The van der Waals surface area contributed by atoms with Crippen molar-refractivity contribution in [2.24, 2.45) is 5.92 Å². The van der Waals surface area contributed by atoms with E-state index in [0.29, 0.717) is 18.1 Å². The molecular weight excluding hydrogens is 392 g/mol. The zero-order valence-electron chi connectivity index (χ0n) is 17.3. The number of carbonyl (C=O) groups excluding carboxylic acids is 1. The van der Waals surface area contributed by atoms with Gasteiger partial charge in [-0.2, -0.15) is 0 Å². The number of amides is 1. The van der Waals surface area contributed by atoms with Crippen molar-refractivity contribution in [3.8, 4) is 16.3 Å². The summed E-state index contributed by atoms with van der Waals surface area (Å²) in [4.78, 5) is 17.5. The summed E-state index contributed by atoms with van der Waals surface area (Å²) in [5, 5.41) is 3.99. The summed E-state index contributed by atoms with van der Waals surface area (Å²) in [6.45, 7) is 6.88. The first-order chi connectivity index (χ1) is 14.5. The Morgan fingerprint density at radius 1 is 1.03 bits per heavy atom. The molecule has 0 saturated carbocycles. The van der Waals surface area contributed by atoms with Gasteiger partial charge in [0.2, 0.25) is 0 Å². The highest BCUT2D eigenvalue weighted by molar-refractivity contribution is 7.21. The number of thiazole rings is 1. The molecule has 0 aliphatic rings. The van der Waals surface area contributed by atoms with Crippen LogP contribution in [0.25, 0.3) is 20.8 Å². The first-order valence-corrected chi connectivity index (χ1v) is 10.8. The Kier molecular flexibility index (Phi) is 5.81. The number of nitrogens with one attached hydrogen (secondary N) is 1. The number of para-hydroxylation sites is 1. The van der Waals surface area contributed by atoms with Crippen LogP contribution in [-0.4, -0.2) is 17.5 Å². The van der Waals surface area contributed by atoms with Crippen LogP contribution >= 0.6 is 11.3 Å². The molecule has 0 aliphatic heterocycles. The Bertz CT molecular complexity index is 1150. The van der Waals surface area contributed by atoms with Gasteiger partial charge in [0.15, 0.2) is 0 Å². The van der Waals surface area contributed by atoms with Crippen LogP contribution in [0.3, 0.4) is 0 Å². The number of carbonyl (C=O) groups is 1. The maximum atomic E-state index is 12.8. The number of nitrogens with zero attached hydrogens (tertiary/aromatic N) is 1. The fourth-order valence-electron chi connectivity index (χ4n) is 3.15. The van der Waals surface area contributed by atoms with Gasteiger partial charge in [0.05, 0.1) is 16.8 Å². The second kappa shape index (κ2) is 8.67. The van der Waals surface area contributed by atoms with E-state index < -0.39 is 0 Å². The second-order valence-corrected chi connectivity index (χ2v) is 8.68. The lowest BCUT2D eigenvalue weighted by Gasteiger charge is -2.12. The van der Waals surface area contributed by atoms with Gasteiger partial charge in [-0.05, 0) is 60.9 Å². The first kappa shape index (κ1) is 20.1. The van der Waals surface area contributed by atoms with E-state index in [1.54, 1.807) is 23.5 Å². The van der Waals surface area contributed by atoms with Crippen LogP contribution in [0.2, 0.25) is 0 Å². The molecule has 0 fully saturated rings. The molecule has 1 heterocycles. The zero-order chi connectivity index (χ0) is 21.1. The third-order valence-corrected chi connectivity index (χ3v) is 5.88. The van der Waals surface area contributed by atoms with E-state index in [4.69, 9.17) is 9.72 Å². The van der Waals surface area contributed by atoms with Crippen LogP contribution in [0.1, 0.15) is 29.8 Å². The van der Waals surface area contributed by atoms with Crippen molar-refractivity contribution in [1.29, 1.82) is 0 Å². The highest BCUT2D eigenvalue weighted by atomic mass is 32.1. The summed E-state index contributed by atoms with van der Waals surface area (Å²) in [5.41, 5.74) is 4.41. The Morgan fingerprint density at radius 2 is 1.80 bits per heavy atom. The predicted octanol–water partition coefficient (Wildman–Crippen LogP) is 6.56. The molecule has 0 spiro atoms. The quantitative estimate of drug-likeness (QED) is 0.387. The molecule has 1 amide bonds. The number of hydrogen-bond acceptors (Lipinski definition) is 4. The lowest BCUT2D eigenvalue weighted by atomic mass is 10.1. The van der Waals surface area contributed by atoms with E-state index in [9.17, 15) is 4.79 Å². The number of fused-ring (bicyclic) bond motifs is 1. The minimum Gasteiger partial charge on any atom is -0.493 e. The number of anilines is 1. The van der Waals surface area contributed by atoms with E-state index in [0.717, 1.165) is 37.8 Å². The summed E-state index contributed by atoms with van der Waals surface area (Å²) in [6, 6.07) is 21.3. The van der Waals surface area contributed by atoms with Crippen molar-refractivity contribution in [2.45, 2.75) is 20.8 Å². The van der Waals surface area contributed by atoms with Gasteiger partial charge in [-0.1, -0.05) is 38.1 Å². The number of hydrogen-bond donors (Lipinski definition) is 1. The van der Waals surface area contributed by atoms with E-state index in [2.05, 4.69) is 25.2 Å². The van der Waals surface area contributed by atoms with Crippen LogP contribution < -0.4 is 10.1 Å². The lowest BCUT2D eigenvalue weighted by molar-refractivity contribution is 0.102. The van der Waals surface area contributed by atoms with E-state index in [1.165, 1.54) is 0 Å². The molecule has 0 saturated heterocycles. The molecule has 4 aromatic rings. The number of aromatic nitrogens is 1. The predicted molar refractivity (Wildman–Crippen MR) is 125 cm³/mol. The molecule has 1 N–H and O–H groups in total. The maximum absolute atomic E-state index is 12.8. The smallest absolute Gasteiger partial charge is 0.255 e. The summed E-state index contributed by atoms with van der Waals surface area (Å²) in [6.07, 6.45) is 0. The molecule has 0 aliphatic carbocycles. The average Bonchev–Trinajstić information content (AvgIpc) is 3.18. The summed E-state index contributed by atoms with van der Waals surface area (Å²) < 4.78 is 6.85. The summed E-state index contributed by atoms with van der Waals surface area (Å²) >= 11 is 1.66. The summed E-state index contributed by atoms with van der Waals surface area (Å²) in [7, 11) is 0. The van der Waals surface area contributed by atoms with E-state index in [-0.39, 0.29) is 5.91 Å². The molecule has 1 aromatic heterocycles. The highest BCUT2D eigenvalue weighted by Crippen LogP contribution is 2.34. The molecule has 152 valence electrons. The van der Waals surface area contributed by atoms with Crippen molar-refractivity contribution >= 4 is 33.1 Å². The molecular formula is C25H24N2O2S. The molecule has 4 nitrogen and oxygen atoms in total. The standard InChI is InChI=1S/C25H24N2O2S/c1-16(2)15-29-19-13-11-18(12-14-19)24(28)26-21-9-6-7-20(17(21)3)25-27-22-8-4-5-10-23(22)30-25/h4-14,16H,15H2,1-3H3,(H,26,28). The van der Waals surface area contributed by atoms with Crippen LogP contribution in [0.5, 0.6) is 5.75 Å². The van der Waals surface area contributed by atoms with Crippen molar-refractivity contribution < 1.29 is 9.53 Å². The third kappa shape index (κ3) is 4.36. The number of benzene rings is 3. The molecule has 4 rings (SSSR count). The molecule has 3 aromatic carbocycles. The molecule has 0 atom stereocenters. The Hall–Kier alpha value is -3.18. The molecule has 0 unspecified atom stereocenters. The average molecular weight is 417 g/mol. The SMILES string of the molecule is Cc1c(NC(=O)c2ccc(OCC(C)C)cc2)cccc1-c1nc2ccccc2s1. The minimum absolute atomic E-state index is 0.144. The van der Waals surface area contributed by atoms with Crippen LogP contribution in [0.15, 0.2) is 66.7 Å². The van der Waals surface area contributed by atoms with Crippen LogP contribution in [-0.2, 0) is 0 Å². The number of ether oxygens (including phenoxy) is 1. The molecule has 30 heavy (non-hydrogen) atoms. The number of rotatable bonds is 6. The fraction of sp³-hybridized carbons (Fsp3) is 0.200. The highest BCUT2D eigenvalue weighted by Gasteiger charge is 2.13. The summed E-state index contributed by atoms with van der Waals surface area (Å²) in [5.74, 6) is 1.09. The van der Waals surface area contributed by atoms with Crippen molar-refractivity contribution in [1.82, 2.24) is 4.98 Å². The Morgan fingerprint density at radius 3 is 2.53 bits per heavy atom. The van der Waals surface area contributed by atoms with Gasteiger partial charge in [-0.15, -0.1) is 11.3 Å². The topological polar surface area (TPSA) is 51.2 Å². The van der Waals surface area contributed by atoms with E-state index in [1.807, 2.05) is 55.5 Å². The van der Waals surface area contributed by atoms with Gasteiger partial charge >= 0.3 is 0 Å². The third-order valence-electron chi connectivity index (χ3n) is 4.81.